The standard InChI is InChI=1S/C8H9N3/c1-4-5-8-10-6(2)9-7(3)11-8/h1-3H3. The van der Waals surface area contributed by atoms with Crippen LogP contribution in [0.5, 0.6) is 0 Å². The van der Waals surface area contributed by atoms with E-state index in [1.165, 1.54) is 0 Å². The second-order valence-corrected chi connectivity index (χ2v) is 2.13. The first-order valence-corrected chi connectivity index (χ1v) is 3.34. The summed E-state index contributed by atoms with van der Waals surface area (Å²) in [5.74, 6) is 7.50. The number of aromatic nitrogens is 3. The number of rotatable bonds is 0. The summed E-state index contributed by atoms with van der Waals surface area (Å²) in [4.78, 5) is 12.1. The van der Waals surface area contributed by atoms with Gasteiger partial charge in [0.2, 0.25) is 5.82 Å². The van der Waals surface area contributed by atoms with Gasteiger partial charge in [0.1, 0.15) is 11.6 Å². The fraction of sp³-hybridized carbons (Fsp3) is 0.375. The summed E-state index contributed by atoms with van der Waals surface area (Å²) in [5, 5.41) is 0. The topological polar surface area (TPSA) is 38.7 Å². The molecule has 0 saturated heterocycles. The molecule has 56 valence electrons. The van der Waals surface area contributed by atoms with Crippen LogP contribution in [0, 0.1) is 25.7 Å². The Balaban J connectivity index is 3.15. The van der Waals surface area contributed by atoms with E-state index in [0.29, 0.717) is 5.82 Å². The lowest BCUT2D eigenvalue weighted by molar-refractivity contribution is 0.904. The summed E-state index contributed by atoms with van der Waals surface area (Å²) in [6, 6.07) is 0. The number of hydrogen-bond acceptors (Lipinski definition) is 3. The Labute approximate surface area is 65.9 Å². The lowest BCUT2D eigenvalue weighted by atomic mass is 10.5. The van der Waals surface area contributed by atoms with Gasteiger partial charge in [-0.3, -0.25) is 0 Å². The molecule has 1 aromatic rings. The van der Waals surface area contributed by atoms with Crippen molar-refractivity contribution in [2.75, 3.05) is 0 Å². The minimum absolute atomic E-state index is 0.553. The molecule has 0 N–H and O–H groups in total. The van der Waals surface area contributed by atoms with Crippen LogP contribution in [0.4, 0.5) is 0 Å². The van der Waals surface area contributed by atoms with Gasteiger partial charge in [0, 0.05) is 0 Å². The van der Waals surface area contributed by atoms with Crippen LogP contribution < -0.4 is 0 Å². The van der Waals surface area contributed by atoms with Crippen molar-refractivity contribution in [3.8, 4) is 11.8 Å². The molecule has 0 fully saturated rings. The van der Waals surface area contributed by atoms with Gasteiger partial charge in [0.15, 0.2) is 0 Å². The Kier molecular flexibility index (Phi) is 2.17. The van der Waals surface area contributed by atoms with Crippen LogP contribution in [0.15, 0.2) is 0 Å². The maximum absolute atomic E-state index is 4.03. The highest BCUT2D eigenvalue weighted by molar-refractivity contribution is 5.19. The van der Waals surface area contributed by atoms with Gasteiger partial charge in [-0.1, -0.05) is 5.92 Å². The molecule has 0 atom stereocenters. The zero-order chi connectivity index (χ0) is 8.27. The molecule has 0 aromatic carbocycles. The third-order valence-corrected chi connectivity index (χ3v) is 1.10. The molecule has 3 nitrogen and oxygen atoms in total. The van der Waals surface area contributed by atoms with E-state index >= 15 is 0 Å². The average molecular weight is 147 g/mol. The molecule has 11 heavy (non-hydrogen) atoms. The van der Waals surface area contributed by atoms with Gasteiger partial charge in [-0.15, -0.1) is 0 Å². The van der Waals surface area contributed by atoms with E-state index in [9.17, 15) is 0 Å². The maximum Gasteiger partial charge on any atom is 0.208 e. The minimum Gasteiger partial charge on any atom is -0.219 e. The van der Waals surface area contributed by atoms with Crippen LogP contribution in [-0.4, -0.2) is 15.0 Å². The maximum atomic E-state index is 4.03. The zero-order valence-electron chi connectivity index (χ0n) is 6.84. The number of nitrogens with zero attached hydrogens (tertiary/aromatic N) is 3. The molecule has 1 aromatic heterocycles. The molecule has 1 heterocycles. The highest BCUT2D eigenvalue weighted by atomic mass is 15.0. The highest BCUT2D eigenvalue weighted by Gasteiger charge is 1.94. The Morgan fingerprint density at radius 1 is 1.00 bits per heavy atom. The molecule has 0 aliphatic carbocycles. The first-order valence-electron chi connectivity index (χ1n) is 3.34. The van der Waals surface area contributed by atoms with Crippen molar-refractivity contribution in [2.45, 2.75) is 20.8 Å². The van der Waals surface area contributed by atoms with Crippen LogP contribution in [0.25, 0.3) is 0 Å². The predicted molar refractivity (Wildman–Crippen MR) is 41.9 cm³/mol. The van der Waals surface area contributed by atoms with E-state index in [0.717, 1.165) is 11.6 Å². The average Bonchev–Trinajstić information content (AvgIpc) is 1.85. The van der Waals surface area contributed by atoms with Crippen molar-refractivity contribution in [3.63, 3.8) is 0 Å². The molecule has 0 spiro atoms. The van der Waals surface area contributed by atoms with Gasteiger partial charge < -0.3 is 0 Å². The zero-order valence-corrected chi connectivity index (χ0v) is 6.84. The monoisotopic (exact) mass is 147 g/mol. The fourth-order valence-electron chi connectivity index (χ4n) is 0.783. The Hall–Kier alpha value is -1.43. The Morgan fingerprint density at radius 3 is 2.00 bits per heavy atom. The Bertz CT molecular complexity index is 300. The van der Waals surface area contributed by atoms with Crippen LogP contribution in [0.2, 0.25) is 0 Å². The van der Waals surface area contributed by atoms with E-state index in [1.807, 2.05) is 13.8 Å². The van der Waals surface area contributed by atoms with Crippen LogP contribution in [0.1, 0.15) is 24.4 Å². The molecule has 0 aliphatic rings. The molecular weight excluding hydrogens is 138 g/mol. The first kappa shape index (κ1) is 7.67. The molecule has 0 amide bonds. The lowest BCUT2D eigenvalue weighted by Crippen LogP contribution is -1.98. The second-order valence-electron chi connectivity index (χ2n) is 2.13. The SMILES string of the molecule is CC#Cc1nc(C)nc(C)n1. The molecule has 0 aliphatic heterocycles. The summed E-state index contributed by atoms with van der Waals surface area (Å²) in [7, 11) is 0. The normalized spacial score (nSPS) is 8.64. The van der Waals surface area contributed by atoms with Crippen molar-refractivity contribution >= 4 is 0 Å². The van der Waals surface area contributed by atoms with E-state index in [2.05, 4.69) is 26.8 Å². The number of aryl methyl sites for hydroxylation is 2. The molecule has 0 bridgehead atoms. The Morgan fingerprint density at radius 2 is 1.55 bits per heavy atom. The van der Waals surface area contributed by atoms with Crippen LogP contribution in [0.3, 0.4) is 0 Å². The fourth-order valence-corrected chi connectivity index (χ4v) is 0.783. The first-order chi connectivity index (χ1) is 5.22. The summed E-state index contributed by atoms with van der Waals surface area (Å²) in [6.07, 6.45) is 0. The van der Waals surface area contributed by atoms with Crippen LogP contribution >= 0.6 is 0 Å². The molecule has 0 radical (unpaired) electrons. The largest absolute Gasteiger partial charge is 0.219 e. The van der Waals surface area contributed by atoms with Crippen molar-refractivity contribution in [1.82, 2.24) is 15.0 Å². The van der Waals surface area contributed by atoms with Crippen LogP contribution in [-0.2, 0) is 0 Å². The van der Waals surface area contributed by atoms with E-state index in [1.54, 1.807) is 6.92 Å². The van der Waals surface area contributed by atoms with E-state index < -0.39 is 0 Å². The van der Waals surface area contributed by atoms with Crippen molar-refractivity contribution in [3.05, 3.63) is 17.5 Å². The van der Waals surface area contributed by atoms with Gasteiger partial charge in [-0.25, -0.2) is 15.0 Å². The quantitative estimate of drug-likeness (QED) is 0.511. The van der Waals surface area contributed by atoms with E-state index in [-0.39, 0.29) is 0 Å². The molecule has 1 rings (SSSR count). The lowest BCUT2D eigenvalue weighted by Gasteiger charge is -1.93. The van der Waals surface area contributed by atoms with Gasteiger partial charge in [-0.2, -0.15) is 0 Å². The van der Waals surface area contributed by atoms with E-state index in [4.69, 9.17) is 0 Å². The third-order valence-electron chi connectivity index (χ3n) is 1.10. The highest BCUT2D eigenvalue weighted by Crippen LogP contribution is 1.91. The summed E-state index contributed by atoms with van der Waals surface area (Å²) >= 11 is 0. The molecule has 3 heteroatoms. The van der Waals surface area contributed by atoms with Gasteiger partial charge >= 0.3 is 0 Å². The molecule has 0 saturated carbocycles. The van der Waals surface area contributed by atoms with Gasteiger partial charge in [-0.05, 0) is 26.7 Å². The van der Waals surface area contributed by atoms with Crippen molar-refractivity contribution in [1.29, 1.82) is 0 Å². The van der Waals surface area contributed by atoms with Gasteiger partial charge in [0.05, 0.1) is 0 Å². The van der Waals surface area contributed by atoms with Crippen molar-refractivity contribution < 1.29 is 0 Å². The third kappa shape index (κ3) is 2.01. The number of hydrogen-bond donors (Lipinski definition) is 0. The summed E-state index contributed by atoms with van der Waals surface area (Å²) in [5.41, 5.74) is 0. The molecule has 0 unspecified atom stereocenters. The van der Waals surface area contributed by atoms with Gasteiger partial charge in [0.25, 0.3) is 0 Å². The predicted octanol–water partition coefficient (Wildman–Crippen LogP) is 0.860. The second kappa shape index (κ2) is 3.11. The summed E-state index contributed by atoms with van der Waals surface area (Å²) < 4.78 is 0. The minimum atomic E-state index is 0.553. The summed E-state index contributed by atoms with van der Waals surface area (Å²) in [6.45, 7) is 5.42. The smallest absolute Gasteiger partial charge is 0.208 e. The molecular formula is C8H9N3. The van der Waals surface area contributed by atoms with Crippen molar-refractivity contribution in [2.24, 2.45) is 0 Å².